The molecule has 0 spiro atoms. The second-order valence-corrected chi connectivity index (χ2v) is 6.67. The standard InChI is InChI=1S/C20H18ClN3O/c21-19-15-6-1-2-7-17(15)24-18-11-13(8-9-16(18)19)20(25)23-12-14-5-3-4-10-22-14/h3-5,8-11H,1-2,6-7,12H2,(H,23,25). The van der Waals surface area contributed by atoms with Crippen LogP contribution >= 0.6 is 11.6 Å². The predicted molar refractivity (Wildman–Crippen MR) is 98.8 cm³/mol. The highest BCUT2D eigenvalue weighted by Gasteiger charge is 2.18. The first-order valence-corrected chi connectivity index (χ1v) is 8.89. The van der Waals surface area contributed by atoms with Crippen LogP contribution in [0.25, 0.3) is 10.9 Å². The average Bonchev–Trinajstić information content (AvgIpc) is 2.67. The molecule has 1 aromatic carbocycles. The van der Waals surface area contributed by atoms with Gasteiger partial charge in [0, 0.05) is 22.8 Å². The van der Waals surface area contributed by atoms with E-state index in [1.807, 2.05) is 30.3 Å². The quantitative estimate of drug-likeness (QED) is 0.773. The largest absolute Gasteiger partial charge is 0.346 e. The topological polar surface area (TPSA) is 54.9 Å². The van der Waals surface area contributed by atoms with Gasteiger partial charge in [0.15, 0.2) is 0 Å². The van der Waals surface area contributed by atoms with E-state index in [0.29, 0.717) is 12.1 Å². The molecular weight excluding hydrogens is 334 g/mol. The molecule has 1 amide bonds. The van der Waals surface area contributed by atoms with Crippen LogP contribution in [0.3, 0.4) is 0 Å². The molecule has 0 aliphatic heterocycles. The van der Waals surface area contributed by atoms with Crippen molar-refractivity contribution in [2.24, 2.45) is 0 Å². The third kappa shape index (κ3) is 3.22. The number of nitrogens with one attached hydrogen (secondary N) is 1. The van der Waals surface area contributed by atoms with Crippen molar-refractivity contribution >= 4 is 28.4 Å². The minimum absolute atomic E-state index is 0.136. The highest BCUT2D eigenvalue weighted by Crippen LogP contribution is 2.33. The van der Waals surface area contributed by atoms with E-state index in [9.17, 15) is 4.79 Å². The monoisotopic (exact) mass is 351 g/mol. The highest BCUT2D eigenvalue weighted by molar-refractivity contribution is 6.36. The van der Waals surface area contributed by atoms with Crippen LogP contribution in [0, 0.1) is 0 Å². The average molecular weight is 352 g/mol. The summed E-state index contributed by atoms with van der Waals surface area (Å²) in [6, 6.07) is 11.2. The Morgan fingerprint density at radius 3 is 2.88 bits per heavy atom. The Balaban J connectivity index is 1.61. The van der Waals surface area contributed by atoms with Crippen LogP contribution < -0.4 is 5.32 Å². The third-order valence-corrected chi connectivity index (χ3v) is 5.04. The minimum Gasteiger partial charge on any atom is -0.346 e. The minimum atomic E-state index is -0.136. The molecule has 0 saturated carbocycles. The van der Waals surface area contributed by atoms with Gasteiger partial charge in [-0.15, -0.1) is 0 Å². The van der Waals surface area contributed by atoms with Gasteiger partial charge in [-0.2, -0.15) is 0 Å². The number of carbonyl (C=O) groups excluding carboxylic acids is 1. The van der Waals surface area contributed by atoms with Gasteiger partial charge in [-0.1, -0.05) is 23.7 Å². The fourth-order valence-electron chi connectivity index (χ4n) is 3.28. The van der Waals surface area contributed by atoms with Gasteiger partial charge in [0.2, 0.25) is 0 Å². The number of fused-ring (bicyclic) bond motifs is 2. The number of nitrogens with zero attached hydrogens (tertiary/aromatic N) is 2. The van der Waals surface area contributed by atoms with E-state index in [1.165, 1.54) is 5.56 Å². The third-order valence-electron chi connectivity index (χ3n) is 4.61. The van der Waals surface area contributed by atoms with E-state index < -0.39 is 0 Å². The SMILES string of the molecule is O=C(NCc1ccccn1)c1ccc2c(Cl)c3c(nc2c1)CCCC3. The van der Waals surface area contributed by atoms with Crippen molar-refractivity contribution in [3.8, 4) is 0 Å². The summed E-state index contributed by atoms with van der Waals surface area (Å²) in [4.78, 5) is 21.4. The highest BCUT2D eigenvalue weighted by atomic mass is 35.5. The van der Waals surface area contributed by atoms with Crippen LogP contribution in [0.5, 0.6) is 0 Å². The maximum Gasteiger partial charge on any atom is 0.251 e. The van der Waals surface area contributed by atoms with Crippen LogP contribution in [0.4, 0.5) is 0 Å². The lowest BCUT2D eigenvalue weighted by Crippen LogP contribution is -2.23. The van der Waals surface area contributed by atoms with E-state index in [0.717, 1.165) is 53.0 Å². The van der Waals surface area contributed by atoms with Gasteiger partial charge >= 0.3 is 0 Å². The molecule has 2 heterocycles. The number of rotatable bonds is 3. The maximum absolute atomic E-state index is 12.4. The summed E-state index contributed by atoms with van der Waals surface area (Å²) in [5.74, 6) is -0.136. The zero-order chi connectivity index (χ0) is 17.2. The number of amides is 1. The number of aromatic nitrogens is 2. The molecule has 1 N–H and O–H groups in total. The molecule has 5 heteroatoms. The Kier molecular flexibility index (Phi) is 4.36. The summed E-state index contributed by atoms with van der Waals surface area (Å²) in [6.07, 6.45) is 5.97. The first-order chi connectivity index (χ1) is 12.2. The lowest BCUT2D eigenvalue weighted by molar-refractivity contribution is 0.0950. The molecule has 126 valence electrons. The van der Waals surface area contributed by atoms with Gasteiger partial charge in [0.05, 0.1) is 22.8 Å². The lowest BCUT2D eigenvalue weighted by Gasteiger charge is -2.18. The van der Waals surface area contributed by atoms with Crippen LogP contribution in [-0.2, 0) is 19.4 Å². The van der Waals surface area contributed by atoms with E-state index in [1.54, 1.807) is 12.3 Å². The number of halogens is 1. The van der Waals surface area contributed by atoms with Gasteiger partial charge in [-0.3, -0.25) is 14.8 Å². The number of benzene rings is 1. The zero-order valence-corrected chi connectivity index (χ0v) is 14.5. The molecule has 0 bridgehead atoms. The molecule has 4 nitrogen and oxygen atoms in total. The fourth-order valence-corrected chi connectivity index (χ4v) is 3.65. The van der Waals surface area contributed by atoms with E-state index in [4.69, 9.17) is 16.6 Å². The Bertz CT molecular complexity index is 941. The van der Waals surface area contributed by atoms with Gasteiger partial charge < -0.3 is 5.32 Å². The second-order valence-electron chi connectivity index (χ2n) is 6.29. The van der Waals surface area contributed by atoms with E-state index in [-0.39, 0.29) is 5.91 Å². The molecular formula is C20H18ClN3O. The van der Waals surface area contributed by atoms with E-state index >= 15 is 0 Å². The zero-order valence-electron chi connectivity index (χ0n) is 13.8. The number of hydrogen-bond acceptors (Lipinski definition) is 3. The molecule has 3 aromatic rings. The normalized spacial score (nSPS) is 13.5. The number of hydrogen-bond donors (Lipinski definition) is 1. The van der Waals surface area contributed by atoms with Gasteiger partial charge in [0.1, 0.15) is 0 Å². The number of pyridine rings is 2. The Morgan fingerprint density at radius 1 is 1.16 bits per heavy atom. The van der Waals surface area contributed by atoms with Crippen molar-refractivity contribution in [3.05, 3.63) is 70.1 Å². The number of aryl methyl sites for hydroxylation is 1. The summed E-state index contributed by atoms with van der Waals surface area (Å²) >= 11 is 6.58. The lowest BCUT2D eigenvalue weighted by atomic mass is 9.94. The van der Waals surface area contributed by atoms with Crippen molar-refractivity contribution < 1.29 is 4.79 Å². The molecule has 4 rings (SSSR count). The number of carbonyl (C=O) groups is 1. The van der Waals surface area contributed by atoms with Gasteiger partial charge in [0.25, 0.3) is 5.91 Å². The van der Waals surface area contributed by atoms with Crippen LogP contribution in [0.1, 0.15) is 40.2 Å². The Labute approximate surface area is 151 Å². The Morgan fingerprint density at radius 2 is 2.04 bits per heavy atom. The summed E-state index contributed by atoms with van der Waals surface area (Å²) in [6.45, 7) is 0.399. The summed E-state index contributed by atoms with van der Waals surface area (Å²) < 4.78 is 0. The molecule has 2 aromatic heterocycles. The van der Waals surface area contributed by atoms with E-state index in [2.05, 4.69) is 10.3 Å². The summed E-state index contributed by atoms with van der Waals surface area (Å²) in [7, 11) is 0. The van der Waals surface area contributed by atoms with Crippen molar-refractivity contribution in [1.82, 2.24) is 15.3 Å². The first-order valence-electron chi connectivity index (χ1n) is 8.51. The van der Waals surface area contributed by atoms with Crippen LogP contribution in [0.15, 0.2) is 42.6 Å². The first kappa shape index (κ1) is 16.0. The van der Waals surface area contributed by atoms with Crippen molar-refractivity contribution in [1.29, 1.82) is 0 Å². The summed E-state index contributed by atoms with van der Waals surface area (Å²) in [5.41, 5.74) is 4.45. The smallest absolute Gasteiger partial charge is 0.251 e. The van der Waals surface area contributed by atoms with Gasteiger partial charge in [-0.25, -0.2) is 0 Å². The molecule has 0 saturated heterocycles. The fraction of sp³-hybridized carbons (Fsp3) is 0.250. The molecule has 0 radical (unpaired) electrons. The Hall–Kier alpha value is -2.46. The van der Waals surface area contributed by atoms with Gasteiger partial charge in [-0.05, 0) is 55.5 Å². The second kappa shape index (κ2) is 6.81. The van der Waals surface area contributed by atoms with Crippen molar-refractivity contribution in [3.63, 3.8) is 0 Å². The molecule has 0 atom stereocenters. The van der Waals surface area contributed by atoms with Crippen LogP contribution in [-0.4, -0.2) is 15.9 Å². The van der Waals surface area contributed by atoms with Crippen molar-refractivity contribution in [2.45, 2.75) is 32.2 Å². The molecule has 0 unspecified atom stereocenters. The molecule has 25 heavy (non-hydrogen) atoms. The molecule has 0 fully saturated rings. The maximum atomic E-state index is 12.4. The molecule has 1 aliphatic carbocycles. The summed E-state index contributed by atoms with van der Waals surface area (Å²) in [5, 5.41) is 4.61. The molecule has 1 aliphatic rings. The van der Waals surface area contributed by atoms with Crippen molar-refractivity contribution in [2.75, 3.05) is 0 Å². The van der Waals surface area contributed by atoms with Crippen LogP contribution in [0.2, 0.25) is 5.02 Å². The predicted octanol–water partition coefficient (Wildman–Crippen LogP) is 4.09.